The minimum Gasteiger partial charge on any atom is -0.460 e. The van der Waals surface area contributed by atoms with Gasteiger partial charge < -0.3 is 10.1 Å². The molecule has 0 radical (unpaired) electrons. The van der Waals surface area contributed by atoms with Crippen LogP contribution in [0.1, 0.15) is 28.8 Å². The fraction of sp³-hybridized carbons (Fsp3) is 0.238. The van der Waals surface area contributed by atoms with Crippen molar-refractivity contribution in [3.63, 3.8) is 0 Å². The number of amides is 4. The van der Waals surface area contributed by atoms with Gasteiger partial charge in [0, 0.05) is 18.5 Å². The van der Waals surface area contributed by atoms with Gasteiger partial charge >= 0.3 is 12.0 Å². The summed E-state index contributed by atoms with van der Waals surface area (Å²) in [4.78, 5) is 48.5. The van der Waals surface area contributed by atoms with Gasteiger partial charge in [0.1, 0.15) is 6.61 Å². The molecule has 32 heavy (non-hydrogen) atoms. The number of rotatable bonds is 7. The summed E-state index contributed by atoms with van der Waals surface area (Å²) < 4.78 is 31.6. The number of hydrogen-bond donors (Lipinski definition) is 2. The third-order valence-electron chi connectivity index (χ3n) is 4.62. The van der Waals surface area contributed by atoms with E-state index < -0.39 is 22.0 Å². The third-order valence-corrected chi connectivity index (χ3v) is 5.96. The van der Waals surface area contributed by atoms with E-state index in [2.05, 4.69) is 5.32 Å². The van der Waals surface area contributed by atoms with Gasteiger partial charge in [-0.05, 0) is 37.3 Å². The molecule has 2 N–H and O–H groups in total. The number of aryl methyl sites for hydroxylation is 1. The summed E-state index contributed by atoms with van der Waals surface area (Å²) in [5, 5.41) is 2.35. The van der Waals surface area contributed by atoms with Gasteiger partial charge in [-0.3, -0.25) is 14.5 Å². The molecule has 0 atom stereocenters. The number of ether oxygens (including phenoxy) is 1. The van der Waals surface area contributed by atoms with E-state index >= 15 is 0 Å². The SMILES string of the molecule is Cc1ccc(S(=O)(=O)NC(=O)Nc2cccc(C(=O)OCCN3C(=O)CCC3=O)c2)cc1. The van der Waals surface area contributed by atoms with Crippen LogP contribution in [0.3, 0.4) is 0 Å². The van der Waals surface area contributed by atoms with Crippen LogP contribution in [-0.2, 0) is 24.3 Å². The first-order chi connectivity index (χ1) is 15.2. The lowest BCUT2D eigenvalue weighted by Gasteiger charge is -2.14. The molecule has 1 fully saturated rings. The molecule has 2 aromatic carbocycles. The highest BCUT2D eigenvalue weighted by Gasteiger charge is 2.28. The molecule has 0 aliphatic carbocycles. The first-order valence-electron chi connectivity index (χ1n) is 9.66. The Morgan fingerprint density at radius 3 is 2.34 bits per heavy atom. The smallest absolute Gasteiger partial charge is 0.338 e. The molecular weight excluding hydrogens is 438 g/mol. The number of hydrogen-bond acceptors (Lipinski definition) is 7. The molecule has 1 aliphatic rings. The number of carbonyl (C=O) groups is 4. The largest absolute Gasteiger partial charge is 0.460 e. The highest BCUT2D eigenvalue weighted by atomic mass is 32.2. The van der Waals surface area contributed by atoms with Gasteiger partial charge in [-0.15, -0.1) is 0 Å². The lowest BCUT2D eigenvalue weighted by Crippen LogP contribution is -2.34. The van der Waals surface area contributed by atoms with Gasteiger partial charge in [0.25, 0.3) is 10.0 Å². The first kappa shape index (κ1) is 22.9. The lowest BCUT2D eigenvalue weighted by atomic mass is 10.2. The second-order valence-electron chi connectivity index (χ2n) is 7.03. The summed E-state index contributed by atoms with van der Waals surface area (Å²) in [7, 11) is -4.07. The molecule has 0 spiro atoms. The van der Waals surface area contributed by atoms with Crippen LogP contribution in [0, 0.1) is 6.92 Å². The van der Waals surface area contributed by atoms with Crippen molar-refractivity contribution in [2.75, 3.05) is 18.5 Å². The average molecular weight is 459 g/mol. The quantitative estimate of drug-likeness (QED) is 0.475. The van der Waals surface area contributed by atoms with E-state index in [0.29, 0.717) is 0 Å². The van der Waals surface area contributed by atoms with Crippen LogP contribution in [0.15, 0.2) is 53.4 Å². The van der Waals surface area contributed by atoms with Crippen molar-refractivity contribution in [2.45, 2.75) is 24.7 Å². The van der Waals surface area contributed by atoms with E-state index in [9.17, 15) is 27.6 Å². The van der Waals surface area contributed by atoms with Gasteiger partial charge in [0.15, 0.2) is 0 Å². The molecule has 1 saturated heterocycles. The topological polar surface area (TPSA) is 139 Å². The molecule has 0 unspecified atom stereocenters. The normalized spacial score (nSPS) is 13.7. The van der Waals surface area contributed by atoms with E-state index in [1.54, 1.807) is 19.1 Å². The molecular formula is C21H21N3O7S. The number of esters is 1. The van der Waals surface area contributed by atoms with Crippen molar-refractivity contribution in [1.82, 2.24) is 9.62 Å². The number of likely N-dealkylation sites (tertiary alicyclic amines) is 1. The van der Waals surface area contributed by atoms with Crippen molar-refractivity contribution in [3.05, 3.63) is 59.7 Å². The van der Waals surface area contributed by atoms with Gasteiger partial charge in [-0.25, -0.2) is 22.7 Å². The minimum absolute atomic E-state index is 0.0272. The lowest BCUT2D eigenvalue weighted by molar-refractivity contribution is -0.138. The molecule has 168 valence electrons. The molecule has 3 rings (SSSR count). The second kappa shape index (κ2) is 9.60. The monoisotopic (exact) mass is 459 g/mol. The first-order valence-corrected chi connectivity index (χ1v) is 11.1. The maximum Gasteiger partial charge on any atom is 0.338 e. The standard InChI is InChI=1S/C21H21N3O7S/c1-14-5-7-17(8-6-14)32(29,30)23-21(28)22-16-4-2-3-15(13-16)20(27)31-12-11-24-18(25)9-10-19(24)26/h2-8,13H,9-12H2,1H3,(H2,22,23,28). The van der Waals surface area contributed by atoms with Gasteiger partial charge in [-0.1, -0.05) is 23.8 Å². The van der Waals surface area contributed by atoms with Crippen LogP contribution in [0.2, 0.25) is 0 Å². The summed E-state index contributed by atoms with van der Waals surface area (Å²) in [6, 6.07) is 10.7. The molecule has 1 heterocycles. The average Bonchev–Trinajstić information content (AvgIpc) is 3.05. The van der Waals surface area contributed by atoms with Crippen LogP contribution >= 0.6 is 0 Å². The molecule has 11 heteroatoms. The Bertz CT molecular complexity index is 1140. The number of nitrogens with one attached hydrogen (secondary N) is 2. The van der Waals surface area contributed by atoms with E-state index in [-0.39, 0.29) is 54.0 Å². The van der Waals surface area contributed by atoms with Crippen LogP contribution in [0.5, 0.6) is 0 Å². The summed E-state index contributed by atoms with van der Waals surface area (Å²) in [5.41, 5.74) is 1.14. The Kier molecular flexibility index (Phi) is 6.89. The molecule has 10 nitrogen and oxygen atoms in total. The maximum absolute atomic E-state index is 12.3. The molecule has 0 saturated carbocycles. The van der Waals surface area contributed by atoms with E-state index in [4.69, 9.17) is 4.74 Å². The number of benzene rings is 2. The Labute approximate surface area is 184 Å². The highest BCUT2D eigenvalue weighted by molar-refractivity contribution is 7.90. The fourth-order valence-corrected chi connectivity index (χ4v) is 3.87. The summed E-state index contributed by atoms with van der Waals surface area (Å²) in [6.07, 6.45) is 0.310. The Balaban J connectivity index is 1.56. The highest BCUT2D eigenvalue weighted by Crippen LogP contribution is 2.14. The maximum atomic E-state index is 12.3. The minimum atomic E-state index is -4.07. The van der Waals surface area contributed by atoms with Gasteiger partial charge in [0.05, 0.1) is 17.0 Å². The van der Waals surface area contributed by atoms with Gasteiger partial charge in [0.2, 0.25) is 11.8 Å². The molecule has 0 bridgehead atoms. The molecule has 2 aromatic rings. The molecule has 4 amide bonds. The second-order valence-corrected chi connectivity index (χ2v) is 8.71. The van der Waals surface area contributed by atoms with Crippen molar-refractivity contribution >= 4 is 39.5 Å². The zero-order valence-electron chi connectivity index (χ0n) is 17.2. The van der Waals surface area contributed by atoms with E-state index in [1.165, 1.54) is 36.4 Å². The fourth-order valence-electron chi connectivity index (χ4n) is 2.96. The van der Waals surface area contributed by atoms with Crippen LogP contribution < -0.4 is 10.0 Å². The molecule has 1 aliphatic heterocycles. The summed E-state index contributed by atoms with van der Waals surface area (Å²) in [5.74, 6) is -1.33. The number of nitrogens with zero attached hydrogens (tertiary/aromatic N) is 1. The van der Waals surface area contributed by atoms with E-state index in [1.807, 2.05) is 4.72 Å². The number of imide groups is 1. The summed E-state index contributed by atoms with van der Waals surface area (Å²) in [6.45, 7) is 1.61. The van der Waals surface area contributed by atoms with Crippen LogP contribution in [-0.4, -0.2) is 50.3 Å². The molecule has 0 aromatic heterocycles. The van der Waals surface area contributed by atoms with Crippen molar-refractivity contribution in [2.24, 2.45) is 0 Å². The predicted octanol–water partition coefficient (Wildman–Crippen LogP) is 1.81. The number of carbonyl (C=O) groups excluding carboxylic acids is 4. The zero-order valence-corrected chi connectivity index (χ0v) is 18.0. The third kappa shape index (κ3) is 5.70. The number of urea groups is 1. The Hall–Kier alpha value is -3.73. The Morgan fingerprint density at radius 2 is 1.69 bits per heavy atom. The Morgan fingerprint density at radius 1 is 1.03 bits per heavy atom. The van der Waals surface area contributed by atoms with Gasteiger partial charge in [-0.2, -0.15) is 0 Å². The number of anilines is 1. The predicted molar refractivity (Wildman–Crippen MR) is 113 cm³/mol. The van der Waals surface area contributed by atoms with Crippen molar-refractivity contribution in [3.8, 4) is 0 Å². The zero-order chi connectivity index (χ0) is 23.3. The number of sulfonamides is 1. The van der Waals surface area contributed by atoms with Crippen molar-refractivity contribution < 1.29 is 32.3 Å². The van der Waals surface area contributed by atoms with E-state index in [0.717, 1.165) is 10.5 Å². The van der Waals surface area contributed by atoms with Crippen LogP contribution in [0.25, 0.3) is 0 Å². The van der Waals surface area contributed by atoms with Crippen LogP contribution in [0.4, 0.5) is 10.5 Å². The summed E-state index contributed by atoms with van der Waals surface area (Å²) >= 11 is 0. The van der Waals surface area contributed by atoms with Crippen molar-refractivity contribution in [1.29, 1.82) is 0 Å².